The molecule has 1 heterocycles. The van der Waals surface area contributed by atoms with Gasteiger partial charge in [0.05, 0.1) is 19.8 Å². The SMILES string of the molecule is COc1cccc(NCC2CNCCO2)c1.O=C(O)C(=O)O. The molecule has 1 aliphatic heterocycles. The van der Waals surface area contributed by atoms with Crippen molar-refractivity contribution in [2.24, 2.45) is 0 Å². The zero-order valence-corrected chi connectivity index (χ0v) is 12.2. The second-order valence-corrected chi connectivity index (χ2v) is 4.42. The molecule has 0 spiro atoms. The third-order valence-corrected chi connectivity index (χ3v) is 2.79. The van der Waals surface area contributed by atoms with Gasteiger partial charge in [0.25, 0.3) is 0 Å². The number of ether oxygens (including phenoxy) is 2. The largest absolute Gasteiger partial charge is 0.497 e. The molecule has 1 aliphatic rings. The highest BCUT2D eigenvalue weighted by Crippen LogP contribution is 2.16. The van der Waals surface area contributed by atoms with Crippen LogP contribution in [0.15, 0.2) is 24.3 Å². The summed E-state index contributed by atoms with van der Waals surface area (Å²) < 4.78 is 10.8. The first kappa shape index (κ1) is 17.7. The molecule has 0 bridgehead atoms. The van der Waals surface area contributed by atoms with E-state index in [0.29, 0.717) is 0 Å². The summed E-state index contributed by atoms with van der Waals surface area (Å²) in [4.78, 5) is 18.2. The Balaban J connectivity index is 0.000000346. The van der Waals surface area contributed by atoms with Gasteiger partial charge in [0, 0.05) is 31.4 Å². The van der Waals surface area contributed by atoms with E-state index in [1.807, 2.05) is 24.3 Å². The van der Waals surface area contributed by atoms with Crippen molar-refractivity contribution in [1.82, 2.24) is 5.32 Å². The zero-order chi connectivity index (χ0) is 16.4. The summed E-state index contributed by atoms with van der Waals surface area (Å²) in [6.45, 7) is 3.48. The van der Waals surface area contributed by atoms with Gasteiger partial charge in [-0.2, -0.15) is 0 Å². The Morgan fingerprint density at radius 3 is 2.68 bits per heavy atom. The molecule has 0 aromatic heterocycles. The number of carboxylic acids is 2. The van der Waals surface area contributed by atoms with E-state index in [9.17, 15) is 0 Å². The van der Waals surface area contributed by atoms with Gasteiger partial charge in [-0.15, -0.1) is 0 Å². The molecule has 1 saturated heterocycles. The highest BCUT2D eigenvalue weighted by Gasteiger charge is 2.12. The van der Waals surface area contributed by atoms with E-state index in [1.165, 1.54) is 0 Å². The van der Waals surface area contributed by atoms with Crippen molar-refractivity contribution in [2.45, 2.75) is 6.10 Å². The van der Waals surface area contributed by atoms with E-state index in [1.54, 1.807) is 7.11 Å². The van der Waals surface area contributed by atoms with Crippen molar-refractivity contribution in [2.75, 3.05) is 38.7 Å². The van der Waals surface area contributed by atoms with Crippen LogP contribution in [0.3, 0.4) is 0 Å². The molecule has 0 aliphatic carbocycles. The predicted octanol–water partition coefficient (Wildman–Crippen LogP) is 0.251. The number of morpholine rings is 1. The molecule has 1 fully saturated rings. The van der Waals surface area contributed by atoms with Crippen molar-refractivity contribution in [1.29, 1.82) is 0 Å². The summed E-state index contributed by atoms with van der Waals surface area (Å²) in [5.41, 5.74) is 1.06. The minimum absolute atomic E-state index is 0.250. The Bertz CT molecular complexity index is 476. The number of hydrogen-bond acceptors (Lipinski definition) is 6. The van der Waals surface area contributed by atoms with E-state index in [0.717, 1.165) is 37.7 Å². The fraction of sp³-hybridized carbons (Fsp3) is 0.429. The van der Waals surface area contributed by atoms with Gasteiger partial charge >= 0.3 is 11.9 Å². The van der Waals surface area contributed by atoms with Gasteiger partial charge in [0.15, 0.2) is 0 Å². The van der Waals surface area contributed by atoms with Gasteiger partial charge in [-0.1, -0.05) is 6.07 Å². The molecule has 1 aromatic rings. The lowest BCUT2D eigenvalue weighted by atomic mass is 10.2. The summed E-state index contributed by atoms with van der Waals surface area (Å²) in [7, 11) is 1.67. The predicted molar refractivity (Wildman–Crippen MR) is 79.4 cm³/mol. The minimum atomic E-state index is -1.82. The molecule has 0 radical (unpaired) electrons. The Labute approximate surface area is 128 Å². The van der Waals surface area contributed by atoms with Crippen molar-refractivity contribution in [3.05, 3.63) is 24.3 Å². The number of benzene rings is 1. The third-order valence-electron chi connectivity index (χ3n) is 2.79. The lowest BCUT2D eigenvalue weighted by molar-refractivity contribution is -0.159. The number of carboxylic acid groups (broad SMARTS) is 2. The maximum Gasteiger partial charge on any atom is 0.414 e. The Morgan fingerprint density at radius 2 is 2.14 bits per heavy atom. The van der Waals surface area contributed by atoms with Crippen molar-refractivity contribution in [3.8, 4) is 5.75 Å². The van der Waals surface area contributed by atoms with E-state index in [-0.39, 0.29) is 6.10 Å². The molecule has 4 N–H and O–H groups in total. The highest BCUT2D eigenvalue weighted by molar-refractivity contribution is 6.27. The second kappa shape index (κ2) is 9.59. The van der Waals surface area contributed by atoms with E-state index < -0.39 is 11.9 Å². The summed E-state index contributed by atoms with van der Waals surface area (Å²) in [6, 6.07) is 7.92. The topological polar surface area (TPSA) is 117 Å². The first-order valence-corrected chi connectivity index (χ1v) is 6.69. The fourth-order valence-electron chi connectivity index (χ4n) is 1.72. The number of carbonyl (C=O) groups is 2. The Kier molecular flexibility index (Phi) is 7.73. The third kappa shape index (κ3) is 6.91. The average Bonchev–Trinajstić information content (AvgIpc) is 2.54. The van der Waals surface area contributed by atoms with Crippen LogP contribution in [-0.2, 0) is 14.3 Å². The van der Waals surface area contributed by atoms with Crippen molar-refractivity contribution < 1.29 is 29.3 Å². The second-order valence-electron chi connectivity index (χ2n) is 4.42. The monoisotopic (exact) mass is 312 g/mol. The quantitative estimate of drug-likeness (QED) is 0.585. The van der Waals surface area contributed by atoms with Gasteiger partial charge in [0.1, 0.15) is 5.75 Å². The number of nitrogens with one attached hydrogen (secondary N) is 2. The lowest BCUT2D eigenvalue weighted by Crippen LogP contribution is -2.42. The van der Waals surface area contributed by atoms with Gasteiger partial charge in [-0.3, -0.25) is 0 Å². The van der Waals surface area contributed by atoms with Crippen LogP contribution in [0.5, 0.6) is 5.75 Å². The number of anilines is 1. The minimum Gasteiger partial charge on any atom is -0.497 e. The summed E-state index contributed by atoms with van der Waals surface area (Å²) >= 11 is 0. The molecule has 22 heavy (non-hydrogen) atoms. The van der Waals surface area contributed by atoms with E-state index in [4.69, 9.17) is 29.3 Å². The zero-order valence-electron chi connectivity index (χ0n) is 12.2. The molecule has 122 valence electrons. The summed E-state index contributed by atoms with van der Waals surface area (Å²) in [5.74, 6) is -2.78. The first-order valence-electron chi connectivity index (χ1n) is 6.69. The molecular weight excluding hydrogens is 292 g/mol. The van der Waals surface area contributed by atoms with Gasteiger partial charge in [-0.05, 0) is 12.1 Å². The normalized spacial score (nSPS) is 16.9. The van der Waals surface area contributed by atoms with Crippen LogP contribution in [0, 0.1) is 0 Å². The van der Waals surface area contributed by atoms with Crippen LogP contribution in [0.4, 0.5) is 5.69 Å². The van der Waals surface area contributed by atoms with Gasteiger partial charge < -0.3 is 30.3 Å². The molecule has 8 nitrogen and oxygen atoms in total. The van der Waals surface area contributed by atoms with Crippen molar-refractivity contribution in [3.63, 3.8) is 0 Å². The Morgan fingerprint density at radius 1 is 1.41 bits per heavy atom. The molecule has 1 unspecified atom stereocenters. The van der Waals surface area contributed by atoms with Crippen molar-refractivity contribution >= 4 is 17.6 Å². The van der Waals surface area contributed by atoms with Gasteiger partial charge in [-0.25, -0.2) is 9.59 Å². The number of methoxy groups -OCH3 is 1. The summed E-state index contributed by atoms with van der Waals surface area (Å²) in [5, 5.41) is 21.4. The molecule has 2 rings (SSSR count). The van der Waals surface area contributed by atoms with Crippen LogP contribution in [0.1, 0.15) is 0 Å². The molecule has 1 atom stereocenters. The van der Waals surface area contributed by atoms with Crippen LogP contribution in [0.25, 0.3) is 0 Å². The molecular formula is C14H20N2O6. The molecule has 0 amide bonds. The number of rotatable bonds is 4. The number of aliphatic carboxylic acids is 2. The van der Waals surface area contributed by atoms with Crippen LogP contribution in [-0.4, -0.2) is 61.6 Å². The van der Waals surface area contributed by atoms with Crippen LogP contribution < -0.4 is 15.4 Å². The maximum absolute atomic E-state index is 9.10. The highest BCUT2D eigenvalue weighted by atomic mass is 16.5. The van der Waals surface area contributed by atoms with Crippen LogP contribution >= 0.6 is 0 Å². The van der Waals surface area contributed by atoms with E-state index >= 15 is 0 Å². The van der Waals surface area contributed by atoms with Crippen LogP contribution in [0.2, 0.25) is 0 Å². The number of hydrogen-bond donors (Lipinski definition) is 4. The standard InChI is InChI=1S/C12H18N2O2.C2H2O4/c1-15-11-4-2-3-10(7-11)14-9-12-8-13-5-6-16-12;3-1(4)2(5)6/h2-4,7,12-14H,5-6,8-9H2,1H3;(H,3,4)(H,5,6). The maximum atomic E-state index is 9.10. The fourth-order valence-corrected chi connectivity index (χ4v) is 1.72. The smallest absolute Gasteiger partial charge is 0.414 e. The van der Waals surface area contributed by atoms with Gasteiger partial charge in [0.2, 0.25) is 0 Å². The Hall–Kier alpha value is -2.32. The first-order chi connectivity index (χ1) is 10.5. The molecule has 8 heteroatoms. The molecule has 1 aromatic carbocycles. The van der Waals surface area contributed by atoms with E-state index in [2.05, 4.69) is 10.6 Å². The summed E-state index contributed by atoms with van der Waals surface area (Å²) in [6.07, 6.45) is 0.250. The lowest BCUT2D eigenvalue weighted by Gasteiger charge is -2.24. The average molecular weight is 312 g/mol. The molecule has 0 saturated carbocycles.